The lowest BCUT2D eigenvalue weighted by Crippen LogP contribution is -2.48. The van der Waals surface area contributed by atoms with Gasteiger partial charge in [0.1, 0.15) is 0 Å². The van der Waals surface area contributed by atoms with E-state index in [1.54, 1.807) is 19.1 Å². The summed E-state index contributed by atoms with van der Waals surface area (Å²) in [6.45, 7) is 1.05. The normalized spacial score (nSPS) is 18.0. The zero-order valence-corrected chi connectivity index (χ0v) is 16.8. The van der Waals surface area contributed by atoms with Crippen molar-refractivity contribution >= 4 is 11.8 Å². The molecule has 1 fully saturated rings. The number of rotatable bonds is 5. The van der Waals surface area contributed by atoms with Gasteiger partial charge in [-0.2, -0.15) is 0 Å². The quantitative estimate of drug-likeness (QED) is 0.792. The molecule has 1 saturated carbocycles. The minimum absolute atomic E-state index is 0.348. The Hall–Kier alpha value is -3.02. The Morgan fingerprint density at radius 2 is 1.76 bits per heavy atom. The van der Waals surface area contributed by atoms with Gasteiger partial charge in [0.2, 0.25) is 0 Å². The summed E-state index contributed by atoms with van der Waals surface area (Å²) >= 11 is 0. The fraction of sp³-hybridized carbons (Fsp3) is 0.391. The van der Waals surface area contributed by atoms with Gasteiger partial charge in [0, 0.05) is 13.1 Å². The first-order valence-electron chi connectivity index (χ1n) is 10.0. The van der Waals surface area contributed by atoms with E-state index in [1.165, 1.54) is 0 Å². The van der Waals surface area contributed by atoms with Crippen LogP contribution >= 0.6 is 0 Å². The number of ether oxygens (including phenoxy) is 2. The van der Waals surface area contributed by atoms with Crippen LogP contribution in [0.4, 0.5) is 0 Å². The van der Waals surface area contributed by atoms with Crippen molar-refractivity contribution in [2.45, 2.75) is 25.3 Å². The third-order valence-corrected chi connectivity index (χ3v) is 5.69. The zero-order chi connectivity index (χ0) is 20.4. The molecule has 2 aromatic carbocycles. The number of carbonyl (C=O) groups excluding carboxylic acids is 2. The van der Waals surface area contributed by atoms with Gasteiger partial charge in [-0.25, -0.2) is 0 Å². The van der Waals surface area contributed by atoms with Crippen LogP contribution in [-0.2, 0) is 16.0 Å². The van der Waals surface area contributed by atoms with E-state index in [2.05, 4.69) is 5.32 Å². The summed E-state index contributed by atoms with van der Waals surface area (Å²) in [5.74, 6) is 0.789. The standard InChI is InChI=1S/C23H26N2O4/c1-28-19-12-17-10-11-25(23(27)22(26)24-14-15-8-9-15)21(16-6-4-3-5-7-16)18(17)13-20(19)29-2/h3-7,12-13,15,21H,8-11,14H2,1-2H3,(H,24,26). The van der Waals surface area contributed by atoms with Gasteiger partial charge >= 0.3 is 11.8 Å². The van der Waals surface area contributed by atoms with Crippen LogP contribution in [0.2, 0.25) is 0 Å². The smallest absolute Gasteiger partial charge is 0.312 e. The van der Waals surface area contributed by atoms with E-state index in [1.807, 2.05) is 42.5 Å². The monoisotopic (exact) mass is 394 g/mol. The molecule has 2 aliphatic rings. The van der Waals surface area contributed by atoms with Crippen molar-refractivity contribution in [3.63, 3.8) is 0 Å². The lowest BCUT2D eigenvalue weighted by molar-refractivity contribution is -0.147. The fourth-order valence-electron chi connectivity index (χ4n) is 3.92. The van der Waals surface area contributed by atoms with Gasteiger partial charge in [0.05, 0.1) is 20.3 Å². The van der Waals surface area contributed by atoms with Crippen molar-refractivity contribution in [2.75, 3.05) is 27.3 Å². The number of nitrogens with zero attached hydrogens (tertiary/aromatic N) is 1. The summed E-state index contributed by atoms with van der Waals surface area (Å²) in [7, 11) is 3.21. The first kappa shape index (κ1) is 19.3. The zero-order valence-electron chi connectivity index (χ0n) is 16.8. The van der Waals surface area contributed by atoms with E-state index >= 15 is 0 Å². The average Bonchev–Trinajstić information content (AvgIpc) is 3.60. The van der Waals surface area contributed by atoms with Gasteiger partial charge in [-0.05, 0) is 54.0 Å². The lowest BCUT2D eigenvalue weighted by Gasteiger charge is -2.37. The van der Waals surface area contributed by atoms with Crippen LogP contribution in [0.15, 0.2) is 42.5 Å². The SMILES string of the molecule is COc1cc2c(cc1OC)C(c1ccccc1)N(C(=O)C(=O)NCC1CC1)CC2. The van der Waals surface area contributed by atoms with Crippen molar-refractivity contribution in [2.24, 2.45) is 5.92 Å². The molecule has 6 nitrogen and oxygen atoms in total. The highest BCUT2D eigenvalue weighted by molar-refractivity contribution is 6.35. The molecule has 2 aromatic rings. The Morgan fingerprint density at radius 1 is 1.07 bits per heavy atom. The van der Waals surface area contributed by atoms with Gasteiger partial charge in [0.25, 0.3) is 0 Å². The van der Waals surface area contributed by atoms with Crippen molar-refractivity contribution in [3.05, 3.63) is 59.2 Å². The van der Waals surface area contributed by atoms with E-state index in [9.17, 15) is 9.59 Å². The van der Waals surface area contributed by atoms with Crippen LogP contribution in [0.5, 0.6) is 11.5 Å². The number of nitrogens with one attached hydrogen (secondary N) is 1. The van der Waals surface area contributed by atoms with E-state index in [0.29, 0.717) is 36.9 Å². The van der Waals surface area contributed by atoms with E-state index < -0.39 is 11.8 Å². The second-order valence-corrected chi connectivity index (χ2v) is 7.62. The highest BCUT2D eigenvalue weighted by atomic mass is 16.5. The maximum atomic E-state index is 13.1. The molecule has 6 heteroatoms. The van der Waals surface area contributed by atoms with Gasteiger partial charge in [-0.1, -0.05) is 30.3 Å². The van der Waals surface area contributed by atoms with Crippen LogP contribution in [-0.4, -0.2) is 44.0 Å². The molecular weight excluding hydrogens is 368 g/mol. The van der Waals surface area contributed by atoms with E-state index in [0.717, 1.165) is 29.5 Å². The molecular formula is C23H26N2O4. The highest BCUT2D eigenvalue weighted by Gasteiger charge is 2.36. The van der Waals surface area contributed by atoms with Gasteiger partial charge in [0.15, 0.2) is 11.5 Å². The number of hydrogen-bond acceptors (Lipinski definition) is 4. The Bertz CT molecular complexity index is 909. The molecule has 1 N–H and O–H groups in total. The van der Waals surface area contributed by atoms with Crippen LogP contribution in [0.3, 0.4) is 0 Å². The van der Waals surface area contributed by atoms with Crippen molar-refractivity contribution < 1.29 is 19.1 Å². The third-order valence-electron chi connectivity index (χ3n) is 5.69. The molecule has 2 amide bonds. The maximum absolute atomic E-state index is 13.1. The van der Waals surface area contributed by atoms with Crippen LogP contribution in [0, 0.1) is 5.92 Å². The number of benzene rings is 2. The molecule has 1 unspecified atom stereocenters. The molecule has 1 aliphatic heterocycles. The van der Waals surface area contributed by atoms with Crippen molar-refractivity contribution in [1.82, 2.24) is 10.2 Å². The summed E-state index contributed by atoms with van der Waals surface area (Å²) < 4.78 is 10.9. The second-order valence-electron chi connectivity index (χ2n) is 7.62. The fourth-order valence-corrected chi connectivity index (χ4v) is 3.92. The average molecular weight is 394 g/mol. The highest BCUT2D eigenvalue weighted by Crippen LogP contribution is 2.41. The Kier molecular flexibility index (Phi) is 5.43. The molecule has 0 bridgehead atoms. The number of amides is 2. The third kappa shape index (κ3) is 3.92. The molecule has 1 atom stereocenters. The predicted molar refractivity (Wildman–Crippen MR) is 109 cm³/mol. The van der Waals surface area contributed by atoms with Crippen LogP contribution in [0.25, 0.3) is 0 Å². The minimum Gasteiger partial charge on any atom is -0.493 e. The van der Waals surface area contributed by atoms with Crippen molar-refractivity contribution in [1.29, 1.82) is 0 Å². The summed E-state index contributed by atoms with van der Waals surface area (Å²) in [5.41, 5.74) is 3.02. The summed E-state index contributed by atoms with van der Waals surface area (Å²) in [6.07, 6.45) is 2.90. The Morgan fingerprint density at radius 3 is 2.41 bits per heavy atom. The van der Waals surface area contributed by atoms with Gasteiger partial charge in [-0.15, -0.1) is 0 Å². The summed E-state index contributed by atoms with van der Waals surface area (Å²) in [6, 6.07) is 13.3. The van der Waals surface area contributed by atoms with Crippen LogP contribution in [0.1, 0.15) is 35.6 Å². The van der Waals surface area contributed by atoms with E-state index in [4.69, 9.17) is 9.47 Å². The minimum atomic E-state index is -0.526. The molecule has 1 aliphatic carbocycles. The summed E-state index contributed by atoms with van der Waals surface area (Å²) in [4.78, 5) is 27.3. The summed E-state index contributed by atoms with van der Waals surface area (Å²) in [5, 5.41) is 2.80. The molecule has 29 heavy (non-hydrogen) atoms. The second kappa shape index (κ2) is 8.15. The maximum Gasteiger partial charge on any atom is 0.312 e. The topological polar surface area (TPSA) is 67.9 Å². The molecule has 1 heterocycles. The van der Waals surface area contributed by atoms with Gasteiger partial charge in [-0.3, -0.25) is 9.59 Å². The molecule has 0 aromatic heterocycles. The lowest BCUT2D eigenvalue weighted by atomic mass is 9.87. The van der Waals surface area contributed by atoms with Gasteiger partial charge < -0.3 is 19.7 Å². The number of fused-ring (bicyclic) bond motifs is 1. The molecule has 0 saturated heterocycles. The molecule has 152 valence electrons. The Labute approximate surface area is 170 Å². The molecule has 0 radical (unpaired) electrons. The largest absolute Gasteiger partial charge is 0.493 e. The first-order valence-corrected chi connectivity index (χ1v) is 10.0. The first-order chi connectivity index (χ1) is 14.1. The van der Waals surface area contributed by atoms with Crippen LogP contribution < -0.4 is 14.8 Å². The molecule has 4 rings (SSSR count). The number of hydrogen-bond donors (Lipinski definition) is 1. The van der Waals surface area contributed by atoms with Crippen molar-refractivity contribution in [3.8, 4) is 11.5 Å². The number of carbonyl (C=O) groups is 2. The Balaban J connectivity index is 1.70. The predicted octanol–water partition coefficient (Wildman–Crippen LogP) is 2.70. The number of methoxy groups -OCH3 is 2. The molecule has 0 spiro atoms. The van der Waals surface area contributed by atoms with E-state index in [-0.39, 0.29) is 6.04 Å².